The fourth-order valence-corrected chi connectivity index (χ4v) is 3.40. The molecule has 1 aromatic carbocycles. The Labute approximate surface area is 141 Å². The van der Waals surface area contributed by atoms with Crippen LogP contribution in [0.15, 0.2) is 23.1 Å². The minimum Gasteiger partial charge on any atom is -0.486 e. The van der Waals surface area contributed by atoms with Gasteiger partial charge in [-0.3, -0.25) is 4.79 Å². The van der Waals surface area contributed by atoms with Gasteiger partial charge in [0.2, 0.25) is 11.0 Å². The number of hydrogen-bond acceptors (Lipinski definition) is 8. The lowest BCUT2D eigenvalue weighted by Gasteiger charge is -2.18. The molecule has 1 aliphatic heterocycles. The highest BCUT2D eigenvalue weighted by atomic mass is 32.2. The Hall–Kier alpha value is -2.00. The number of carbonyl (C=O) groups excluding carboxylic acids is 1. The Morgan fingerprint density at radius 2 is 2.13 bits per heavy atom. The van der Waals surface area contributed by atoms with Crippen LogP contribution in [0, 0.1) is 0 Å². The lowest BCUT2D eigenvalue weighted by Crippen LogP contribution is -2.22. The van der Waals surface area contributed by atoms with Gasteiger partial charge in [-0.15, -0.1) is 22.0 Å². The molecule has 9 heteroatoms. The highest BCUT2D eigenvalue weighted by Gasteiger charge is 2.12. The van der Waals surface area contributed by atoms with Crippen LogP contribution in [0.2, 0.25) is 0 Å². The van der Waals surface area contributed by atoms with Gasteiger partial charge in [0, 0.05) is 17.1 Å². The molecule has 0 saturated heterocycles. The van der Waals surface area contributed by atoms with Crippen LogP contribution in [0.3, 0.4) is 0 Å². The number of amides is 1. The van der Waals surface area contributed by atoms with E-state index in [9.17, 15) is 4.79 Å². The molecule has 3 rings (SSSR count). The molecule has 1 aliphatic rings. The molecule has 0 spiro atoms. The van der Waals surface area contributed by atoms with Crippen LogP contribution >= 0.6 is 23.1 Å². The van der Waals surface area contributed by atoms with Crippen LogP contribution in [0.1, 0.15) is 11.4 Å². The third-order valence-corrected chi connectivity index (χ3v) is 4.78. The fraction of sp³-hybridized carbons (Fsp3) is 0.357. The number of thioether (sulfide) groups is 1. The molecule has 2 aromatic rings. The van der Waals surface area contributed by atoms with Crippen molar-refractivity contribution in [2.45, 2.75) is 17.9 Å². The molecule has 3 N–H and O–H groups in total. The van der Waals surface area contributed by atoms with Gasteiger partial charge in [0.15, 0.2) is 11.5 Å². The zero-order chi connectivity index (χ0) is 16.1. The van der Waals surface area contributed by atoms with Crippen molar-refractivity contribution >= 4 is 34.1 Å². The number of ether oxygens (including phenoxy) is 2. The first-order chi connectivity index (χ1) is 11.2. The van der Waals surface area contributed by atoms with Gasteiger partial charge in [-0.25, -0.2) is 0 Å². The first kappa shape index (κ1) is 15.9. The van der Waals surface area contributed by atoms with E-state index in [0.29, 0.717) is 42.1 Å². The molecule has 122 valence electrons. The summed E-state index contributed by atoms with van der Waals surface area (Å²) in [5.41, 5.74) is 5.49. The molecule has 1 amide bonds. The summed E-state index contributed by atoms with van der Waals surface area (Å²) in [5.74, 6) is 2.20. The molecule has 7 nitrogen and oxygen atoms in total. The summed E-state index contributed by atoms with van der Waals surface area (Å²) >= 11 is 2.88. The van der Waals surface area contributed by atoms with Crippen molar-refractivity contribution in [1.82, 2.24) is 15.5 Å². The Bertz CT molecular complexity index is 692. The van der Waals surface area contributed by atoms with Crippen molar-refractivity contribution in [3.8, 4) is 11.5 Å². The maximum atomic E-state index is 11.8. The lowest BCUT2D eigenvalue weighted by atomic mass is 10.3. The van der Waals surface area contributed by atoms with Crippen molar-refractivity contribution in [3.63, 3.8) is 0 Å². The second-order valence-electron chi connectivity index (χ2n) is 4.71. The first-order valence-corrected chi connectivity index (χ1v) is 8.88. The number of carbonyl (C=O) groups is 1. The summed E-state index contributed by atoms with van der Waals surface area (Å²) < 4.78 is 11.0. The summed E-state index contributed by atoms with van der Waals surface area (Å²) in [6.07, 6.45) is 0.424. The zero-order valence-electron chi connectivity index (χ0n) is 12.3. The zero-order valence-corrected chi connectivity index (χ0v) is 13.9. The number of anilines is 1. The largest absolute Gasteiger partial charge is 0.486 e. The van der Waals surface area contributed by atoms with Gasteiger partial charge in [-0.1, -0.05) is 11.3 Å². The van der Waals surface area contributed by atoms with Gasteiger partial charge in [-0.05, 0) is 18.2 Å². The quantitative estimate of drug-likeness (QED) is 0.763. The summed E-state index contributed by atoms with van der Waals surface area (Å²) in [4.78, 5) is 12.9. The van der Waals surface area contributed by atoms with Crippen LogP contribution < -0.4 is 20.5 Å². The molecule has 2 heterocycles. The van der Waals surface area contributed by atoms with E-state index < -0.39 is 0 Å². The summed E-state index contributed by atoms with van der Waals surface area (Å²) in [6.45, 7) is 1.52. The van der Waals surface area contributed by atoms with Gasteiger partial charge in [0.1, 0.15) is 18.2 Å². The topological polar surface area (TPSA) is 99.4 Å². The van der Waals surface area contributed by atoms with E-state index in [1.165, 1.54) is 11.3 Å². The third kappa shape index (κ3) is 4.49. The van der Waals surface area contributed by atoms with E-state index in [0.717, 1.165) is 16.4 Å². The maximum absolute atomic E-state index is 11.8. The van der Waals surface area contributed by atoms with Crippen LogP contribution in [-0.2, 0) is 11.3 Å². The Kier molecular flexibility index (Phi) is 5.19. The number of nitrogen functional groups attached to an aromatic ring is 1. The summed E-state index contributed by atoms with van der Waals surface area (Å²) in [5, 5.41) is 11.5. The van der Waals surface area contributed by atoms with Crippen molar-refractivity contribution in [2.75, 3.05) is 24.7 Å². The van der Waals surface area contributed by atoms with E-state index in [4.69, 9.17) is 15.2 Å². The van der Waals surface area contributed by atoms with Gasteiger partial charge in [-0.2, -0.15) is 0 Å². The molecule has 0 radical (unpaired) electrons. The standard InChI is InChI=1S/C14H16N4O3S2/c15-14-18-17-13(23-14)8-16-12(19)3-6-22-9-1-2-10-11(7-9)21-5-4-20-10/h1-2,7H,3-6,8H2,(H2,15,18)(H,16,19). The Morgan fingerprint density at radius 1 is 1.30 bits per heavy atom. The smallest absolute Gasteiger partial charge is 0.221 e. The SMILES string of the molecule is Nc1nnc(CNC(=O)CCSc2ccc3c(c2)OCCO3)s1. The summed E-state index contributed by atoms with van der Waals surface area (Å²) in [6, 6.07) is 5.82. The predicted molar refractivity (Wildman–Crippen MR) is 88.9 cm³/mol. The highest BCUT2D eigenvalue weighted by Crippen LogP contribution is 2.34. The molecule has 23 heavy (non-hydrogen) atoms. The summed E-state index contributed by atoms with van der Waals surface area (Å²) in [7, 11) is 0. The number of fused-ring (bicyclic) bond motifs is 1. The molecule has 0 bridgehead atoms. The minimum atomic E-state index is -0.0242. The van der Waals surface area contributed by atoms with Gasteiger partial charge in [0.25, 0.3) is 0 Å². The van der Waals surface area contributed by atoms with Gasteiger partial charge >= 0.3 is 0 Å². The third-order valence-electron chi connectivity index (χ3n) is 3.03. The lowest BCUT2D eigenvalue weighted by molar-refractivity contribution is -0.120. The minimum absolute atomic E-state index is 0.0242. The average Bonchev–Trinajstić information content (AvgIpc) is 2.98. The number of benzene rings is 1. The number of hydrogen-bond donors (Lipinski definition) is 2. The van der Waals surface area contributed by atoms with Gasteiger partial charge < -0.3 is 20.5 Å². The normalized spacial score (nSPS) is 12.9. The van der Waals surface area contributed by atoms with Crippen LogP contribution in [-0.4, -0.2) is 35.1 Å². The second kappa shape index (κ2) is 7.51. The van der Waals surface area contributed by atoms with Crippen molar-refractivity contribution < 1.29 is 14.3 Å². The number of nitrogens with two attached hydrogens (primary N) is 1. The molecular weight excluding hydrogens is 336 g/mol. The molecule has 0 unspecified atom stereocenters. The van der Waals surface area contributed by atoms with E-state index in [1.54, 1.807) is 11.8 Å². The average molecular weight is 352 g/mol. The van der Waals surface area contributed by atoms with Crippen LogP contribution in [0.25, 0.3) is 0 Å². The number of nitrogens with zero attached hydrogens (tertiary/aromatic N) is 2. The van der Waals surface area contributed by atoms with Crippen molar-refractivity contribution in [3.05, 3.63) is 23.2 Å². The number of rotatable bonds is 6. The first-order valence-electron chi connectivity index (χ1n) is 7.08. The molecular formula is C14H16N4O3S2. The van der Waals surface area contributed by atoms with E-state index in [2.05, 4.69) is 15.5 Å². The number of nitrogens with one attached hydrogen (secondary N) is 1. The van der Waals surface area contributed by atoms with E-state index in [1.807, 2.05) is 18.2 Å². The molecule has 0 fully saturated rings. The fourth-order valence-electron chi connectivity index (χ4n) is 1.98. The molecule has 0 atom stereocenters. The molecule has 0 aliphatic carbocycles. The van der Waals surface area contributed by atoms with Crippen molar-refractivity contribution in [1.29, 1.82) is 0 Å². The van der Waals surface area contributed by atoms with Crippen LogP contribution in [0.5, 0.6) is 11.5 Å². The molecule has 1 aromatic heterocycles. The predicted octanol–water partition coefficient (Wildman–Crippen LogP) is 1.69. The van der Waals surface area contributed by atoms with E-state index >= 15 is 0 Å². The number of aromatic nitrogens is 2. The Balaban J connectivity index is 1.41. The van der Waals surface area contributed by atoms with Crippen molar-refractivity contribution in [2.24, 2.45) is 0 Å². The highest BCUT2D eigenvalue weighted by molar-refractivity contribution is 7.99. The van der Waals surface area contributed by atoms with Gasteiger partial charge in [0.05, 0.1) is 6.54 Å². The Morgan fingerprint density at radius 3 is 2.91 bits per heavy atom. The monoisotopic (exact) mass is 352 g/mol. The second-order valence-corrected chi connectivity index (χ2v) is 6.98. The van der Waals surface area contributed by atoms with E-state index in [-0.39, 0.29) is 5.91 Å². The van der Waals surface area contributed by atoms with Crippen LogP contribution in [0.4, 0.5) is 5.13 Å². The maximum Gasteiger partial charge on any atom is 0.221 e. The molecule has 0 saturated carbocycles.